The zero-order valence-corrected chi connectivity index (χ0v) is 16.4. The fraction of sp³-hybridized carbons (Fsp3) is 0.158. The zero-order chi connectivity index (χ0) is 20.5. The largest absolute Gasteiger partial charge is 0.350 e. The third kappa shape index (κ3) is 3.90. The molecule has 9 heteroatoms. The summed E-state index contributed by atoms with van der Waals surface area (Å²) in [5.41, 5.74) is 6.90. The normalized spacial score (nSPS) is 11.6. The first-order valence-corrected chi connectivity index (χ1v) is 9.85. The summed E-state index contributed by atoms with van der Waals surface area (Å²) in [7, 11) is -0.851. The van der Waals surface area contributed by atoms with E-state index in [1.165, 1.54) is 38.4 Å². The summed E-state index contributed by atoms with van der Waals surface area (Å²) >= 11 is 0. The first-order valence-electron chi connectivity index (χ1n) is 8.41. The van der Waals surface area contributed by atoms with Crippen LogP contribution in [-0.4, -0.2) is 43.6 Å². The number of benzene rings is 2. The average molecular weight is 400 g/mol. The van der Waals surface area contributed by atoms with E-state index < -0.39 is 21.8 Å². The summed E-state index contributed by atoms with van der Waals surface area (Å²) in [5.74, 6) is -1.14. The van der Waals surface area contributed by atoms with Crippen LogP contribution in [0.3, 0.4) is 0 Å². The predicted octanol–water partition coefficient (Wildman–Crippen LogP) is 1.80. The Hall–Kier alpha value is -3.17. The molecule has 3 N–H and O–H groups in total. The second-order valence-corrected chi connectivity index (χ2v) is 8.65. The van der Waals surface area contributed by atoms with E-state index in [9.17, 15) is 18.0 Å². The van der Waals surface area contributed by atoms with E-state index in [0.717, 1.165) is 20.8 Å². The third-order valence-corrected chi connectivity index (χ3v) is 6.00. The molecule has 0 saturated carbocycles. The highest BCUT2D eigenvalue weighted by Crippen LogP contribution is 2.17. The van der Waals surface area contributed by atoms with Crippen LogP contribution >= 0.6 is 0 Å². The number of hydrazine groups is 1. The first kappa shape index (κ1) is 19.6. The maximum Gasteiger partial charge on any atom is 0.286 e. The van der Waals surface area contributed by atoms with Gasteiger partial charge in [0.2, 0.25) is 10.0 Å². The fourth-order valence-electron chi connectivity index (χ4n) is 2.64. The molecular formula is C19H20N4O4S. The molecule has 0 spiro atoms. The van der Waals surface area contributed by atoms with Crippen molar-refractivity contribution in [3.63, 3.8) is 0 Å². The summed E-state index contributed by atoms with van der Waals surface area (Å²) in [4.78, 5) is 27.6. The van der Waals surface area contributed by atoms with Gasteiger partial charge in [0.25, 0.3) is 11.8 Å². The highest BCUT2D eigenvalue weighted by atomic mass is 32.2. The minimum Gasteiger partial charge on any atom is -0.350 e. The lowest BCUT2D eigenvalue weighted by Gasteiger charge is -2.12. The van der Waals surface area contributed by atoms with Gasteiger partial charge >= 0.3 is 0 Å². The van der Waals surface area contributed by atoms with E-state index in [1.54, 1.807) is 6.07 Å². The van der Waals surface area contributed by atoms with Crippen LogP contribution in [0.5, 0.6) is 0 Å². The van der Waals surface area contributed by atoms with Crippen molar-refractivity contribution in [1.82, 2.24) is 20.1 Å². The van der Waals surface area contributed by atoms with Crippen LogP contribution in [-0.2, 0) is 10.0 Å². The lowest BCUT2D eigenvalue weighted by molar-refractivity contribution is 0.0844. The van der Waals surface area contributed by atoms with Crippen LogP contribution < -0.4 is 10.9 Å². The molecule has 0 unspecified atom stereocenters. The quantitative estimate of drug-likeness (QED) is 0.580. The van der Waals surface area contributed by atoms with E-state index >= 15 is 0 Å². The van der Waals surface area contributed by atoms with Gasteiger partial charge in [-0.2, -0.15) is 0 Å². The Morgan fingerprint density at radius 3 is 2.39 bits per heavy atom. The van der Waals surface area contributed by atoms with E-state index in [-0.39, 0.29) is 10.5 Å². The monoisotopic (exact) mass is 400 g/mol. The number of aryl methyl sites for hydroxylation is 1. The number of hydrogen-bond acceptors (Lipinski definition) is 4. The average Bonchev–Trinajstić information content (AvgIpc) is 3.09. The summed E-state index contributed by atoms with van der Waals surface area (Å²) in [6.07, 6.45) is 0. The number of H-pyrrole nitrogens is 1. The Morgan fingerprint density at radius 1 is 0.964 bits per heavy atom. The molecule has 0 saturated heterocycles. The first-order chi connectivity index (χ1) is 13.2. The molecule has 2 amide bonds. The van der Waals surface area contributed by atoms with Gasteiger partial charge in [-0.15, -0.1) is 0 Å². The van der Waals surface area contributed by atoms with Crippen molar-refractivity contribution in [2.45, 2.75) is 11.8 Å². The second-order valence-electron chi connectivity index (χ2n) is 6.50. The molecule has 146 valence electrons. The van der Waals surface area contributed by atoms with E-state index in [0.29, 0.717) is 5.69 Å². The van der Waals surface area contributed by atoms with Gasteiger partial charge in [-0.05, 0) is 43.3 Å². The van der Waals surface area contributed by atoms with E-state index in [1.807, 2.05) is 25.1 Å². The Labute approximate surface area is 162 Å². The number of rotatable bonds is 4. The molecular weight excluding hydrogens is 380 g/mol. The predicted molar refractivity (Wildman–Crippen MR) is 105 cm³/mol. The topological polar surface area (TPSA) is 111 Å². The van der Waals surface area contributed by atoms with Crippen molar-refractivity contribution >= 4 is 32.7 Å². The zero-order valence-electron chi connectivity index (χ0n) is 15.6. The third-order valence-electron chi connectivity index (χ3n) is 4.19. The SMILES string of the molecule is Cc1ccc2[nH]c(C(=O)NNC(=O)c3cccc(S(=O)(=O)N(C)C)c3)cc2c1. The van der Waals surface area contributed by atoms with Gasteiger partial charge in [0.05, 0.1) is 4.90 Å². The summed E-state index contributed by atoms with van der Waals surface area (Å²) in [5, 5.41) is 0.887. The van der Waals surface area contributed by atoms with Gasteiger partial charge in [-0.1, -0.05) is 17.7 Å². The molecule has 8 nitrogen and oxygen atoms in total. The van der Waals surface area contributed by atoms with Gasteiger partial charge < -0.3 is 4.98 Å². The number of amides is 2. The number of carbonyl (C=O) groups is 2. The maximum atomic E-state index is 12.3. The Kier molecular flexibility index (Phi) is 5.21. The highest BCUT2D eigenvalue weighted by Gasteiger charge is 2.19. The summed E-state index contributed by atoms with van der Waals surface area (Å²) in [6, 6.07) is 13.0. The van der Waals surface area contributed by atoms with Gasteiger partial charge in [-0.25, -0.2) is 12.7 Å². The van der Waals surface area contributed by atoms with Crippen LogP contribution in [0.2, 0.25) is 0 Å². The van der Waals surface area contributed by atoms with Crippen molar-refractivity contribution in [3.05, 3.63) is 65.4 Å². The molecule has 0 aliphatic heterocycles. The number of nitrogens with one attached hydrogen (secondary N) is 3. The molecule has 2 aromatic carbocycles. The lowest BCUT2D eigenvalue weighted by atomic mass is 10.2. The van der Waals surface area contributed by atoms with Crippen LogP contribution in [0.1, 0.15) is 26.4 Å². The minimum absolute atomic E-state index is 0.0116. The molecule has 0 aliphatic rings. The number of sulfonamides is 1. The van der Waals surface area contributed by atoms with Gasteiger partial charge in [-0.3, -0.25) is 20.4 Å². The molecule has 0 fully saturated rings. The molecule has 0 radical (unpaired) electrons. The second kappa shape index (κ2) is 7.45. The van der Waals surface area contributed by atoms with Crippen molar-refractivity contribution < 1.29 is 18.0 Å². The number of aromatic nitrogens is 1. The van der Waals surface area contributed by atoms with Crippen molar-refractivity contribution in [2.75, 3.05) is 14.1 Å². The van der Waals surface area contributed by atoms with Crippen LogP contribution in [0.25, 0.3) is 10.9 Å². The fourth-order valence-corrected chi connectivity index (χ4v) is 3.58. The van der Waals surface area contributed by atoms with Crippen molar-refractivity contribution in [3.8, 4) is 0 Å². The molecule has 0 atom stereocenters. The van der Waals surface area contributed by atoms with E-state index in [2.05, 4.69) is 15.8 Å². The number of nitrogens with zero attached hydrogens (tertiary/aromatic N) is 1. The molecule has 0 aliphatic carbocycles. The smallest absolute Gasteiger partial charge is 0.286 e. The molecule has 0 bridgehead atoms. The van der Waals surface area contributed by atoms with Crippen LogP contribution in [0, 0.1) is 6.92 Å². The minimum atomic E-state index is -3.66. The van der Waals surface area contributed by atoms with Gasteiger partial charge in [0.1, 0.15) is 5.69 Å². The highest BCUT2D eigenvalue weighted by molar-refractivity contribution is 7.89. The van der Waals surface area contributed by atoms with Gasteiger partial charge in [0, 0.05) is 30.6 Å². The summed E-state index contributed by atoms with van der Waals surface area (Å²) in [6.45, 7) is 1.96. The van der Waals surface area contributed by atoms with Gasteiger partial charge in [0.15, 0.2) is 0 Å². The Bertz CT molecular complexity index is 1170. The molecule has 1 heterocycles. The Morgan fingerprint density at radius 2 is 1.68 bits per heavy atom. The molecule has 28 heavy (non-hydrogen) atoms. The molecule has 3 aromatic rings. The van der Waals surface area contributed by atoms with Crippen molar-refractivity contribution in [1.29, 1.82) is 0 Å². The van der Waals surface area contributed by atoms with Crippen LogP contribution in [0.4, 0.5) is 0 Å². The van der Waals surface area contributed by atoms with E-state index in [4.69, 9.17) is 0 Å². The lowest BCUT2D eigenvalue weighted by Crippen LogP contribution is -2.41. The molecule has 3 rings (SSSR count). The number of aromatic amines is 1. The molecule has 1 aromatic heterocycles. The van der Waals surface area contributed by atoms with Crippen LogP contribution in [0.15, 0.2) is 53.4 Å². The standard InChI is InChI=1S/C19H20N4O4S/c1-12-7-8-16-14(9-12)11-17(20-16)19(25)22-21-18(24)13-5-4-6-15(10-13)28(26,27)23(2)3/h4-11,20H,1-3H3,(H,21,24)(H,22,25). The Balaban J connectivity index is 1.72. The number of carbonyl (C=O) groups excluding carboxylic acids is 2. The number of fused-ring (bicyclic) bond motifs is 1. The van der Waals surface area contributed by atoms with Crippen molar-refractivity contribution in [2.24, 2.45) is 0 Å². The maximum absolute atomic E-state index is 12.3. The number of hydrogen-bond donors (Lipinski definition) is 3. The summed E-state index contributed by atoms with van der Waals surface area (Å²) < 4.78 is 25.4.